The number of amides is 1. The molecule has 1 amide bonds. The van der Waals surface area contributed by atoms with Gasteiger partial charge in [0.2, 0.25) is 5.88 Å². The van der Waals surface area contributed by atoms with Crippen molar-refractivity contribution in [2.24, 2.45) is 5.73 Å². The summed E-state index contributed by atoms with van der Waals surface area (Å²) in [5.74, 6) is -0.388. The molecule has 1 aromatic rings. The van der Waals surface area contributed by atoms with Gasteiger partial charge in [-0.2, -0.15) is 5.26 Å². The van der Waals surface area contributed by atoms with Crippen LogP contribution in [0.1, 0.15) is 56.0 Å². The molecule has 0 bridgehead atoms. The van der Waals surface area contributed by atoms with Gasteiger partial charge in [0.25, 0.3) is 5.91 Å². The second-order valence-corrected chi connectivity index (χ2v) is 6.39. The maximum atomic E-state index is 11.0. The molecule has 23 heavy (non-hydrogen) atoms. The predicted molar refractivity (Wildman–Crippen MR) is 84.8 cm³/mol. The van der Waals surface area contributed by atoms with E-state index in [1.807, 2.05) is 13.8 Å². The van der Waals surface area contributed by atoms with Gasteiger partial charge in [-0.1, -0.05) is 13.3 Å². The Balaban J connectivity index is 2.50. The highest BCUT2D eigenvalue weighted by Gasteiger charge is 2.32. The summed E-state index contributed by atoms with van der Waals surface area (Å²) in [6.07, 6.45) is 3.44. The number of ether oxygens (including phenoxy) is 2. The number of unbranched alkanes of at least 4 members (excludes halogenated alkanes) is 1. The molecule has 1 aliphatic heterocycles. The Kier molecular flexibility index (Phi) is 5.22. The first-order valence-electron chi connectivity index (χ1n) is 7.87. The lowest BCUT2D eigenvalue weighted by atomic mass is 9.87. The Morgan fingerprint density at radius 2 is 2.22 bits per heavy atom. The van der Waals surface area contributed by atoms with Gasteiger partial charge in [0, 0.05) is 12.0 Å². The molecule has 0 saturated heterocycles. The summed E-state index contributed by atoms with van der Waals surface area (Å²) in [6, 6.07) is 2.17. The topological polar surface area (TPSA) is 98.2 Å². The van der Waals surface area contributed by atoms with E-state index in [4.69, 9.17) is 15.2 Å². The van der Waals surface area contributed by atoms with Crippen LogP contribution in [0.15, 0.2) is 0 Å². The van der Waals surface area contributed by atoms with Crippen molar-refractivity contribution in [1.82, 2.24) is 4.98 Å². The van der Waals surface area contributed by atoms with E-state index in [0.29, 0.717) is 18.6 Å². The third kappa shape index (κ3) is 3.99. The third-order valence-electron chi connectivity index (χ3n) is 3.90. The van der Waals surface area contributed by atoms with Crippen LogP contribution >= 0.6 is 0 Å². The second kappa shape index (κ2) is 6.97. The number of pyridine rings is 1. The van der Waals surface area contributed by atoms with Gasteiger partial charge in [-0.3, -0.25) is 4.79 Å². The number of carbonyl (C=O) groups is 1. The lowest BCUT2D eigenvalue weighted by molar-refractivity contribution is -0.120. The zero-order chi connectivity index (χ0) is 17.0. The van der Waals surface area contributed by atoms with Crippen LogP contribution in [0.25, 0.3) is 0 Å². The van der Waals surface area contributed by atoms with Crippen molar-refractivity contribution in [1.29, 1.82) is 5.26 Å². The highest BCUT2D eigenvalue weighted by atomic mass is 16.5. The minimum atomic E-state index is -0.591. The molecule has 6 heteroatoms. The number of hydrogen-bond donors (Lipinski definition) is 1. The Hall–Kier alpha value is -2.13. The smallest absolute Gasteiger partial charge is 0.255 e. The summed E-state index contributed by atoms with van der Waals surface area (Å²) < 4.78 is 11.3. The number of hydrogen-bond acceptors (Lipinski definition) is 5. The van der Waals surface area contributed by atoms with Crippen molar-refractivity contribution >= 4 is 5.91 Å². The minimum absolute atomic E-state index is 0.203. The van der Waals surface area contributed by atoms with E-state index in [9.17, 15) is 10.1 Å². The molecule has 0 saturated carbocycles. The standard InChI is InChI=1S/C17H23N3O3/c1-4-5-6-14-13-9-23-17(2,3)7-11(13)12(8-18)16(20-14)22-10-15(19)21/h4-7,9-10H2,1-3H3,(H2,19,21). The van der Waals surface area contributed by atoms with E-state index in [-0.39, 0.29) is 18.1 Å². The Labute approximate surface area is 136 Å². The molecule has 0 aliphatic carbocycles. The number of aryl methyl sites for hydroxylation is 1. The van der Waals surface area contributed by atoms with E-state index in [1.54, 1.807) is 0 Å². The first-order chi connectivity index (χ1) is 10.9. The number of nitrogens with two attached hydrogens (primary N) is 1. The van der Waals surface area contributed by atoms with Gasteiger partial charge in [0.1, 0.15) is 11.6 Å². The summed E-state index contributed by atoms with van der Waals surface area (Å²) in [5, 5.41) is 9.55. The quantitative estimate of drug-likeness (QED) is 0.865. The summed E-state index contributed by atoms with van der Waals surface area (Å²) in [6.45, 7) is 6.26. The maximum absolute atomic E-state index is 11.0. The van der Waals surface area contributed by atoms with Crippen LogP contribution in [0.5, 0.6) is 5.88 Å². The molecular formula is C17H23N3O3. The van der Waals surface area contributed by atoms with E-state index in [0.717, 1.165) is 36.1 Å². The fourth-order valence-electron chi connectivity index (χ4n) is 2.72. The van der Waals surface area contributed by atoms with Crippen molar-refractivity contribution in [2.75, 3.05) is 6.61 Å². The third-order valence-corrected chi connectivity index (χ3v) is 3.90. The van der Waals surface area contributed by atoms with Gasteiger partial charge >= 0.3 is 0 Å². The number of aromatic nitrogens is 1. The second-order valence-electron chi connectivity index (χ2n) is 6.39. The van der Waals surface area contributed by atoms with Crippen LogP contribution in [-0.4, -0.2) is 23.1 Å². The van der Waals surface area contributed by atoms with E-state index < -0.39 is 5.91 Å². The summed E-state index contributed by atoms with van der Waals surface area (Å²) in [5.41, 5.74) is 7.97. The van der Waals surface area contributed by atoms with Crippen molar-refractivity contribution in [2.45, 2.75) is 58.7 Å². The highest BCUT2D eigenvalue weighted by molar-refractivity contribution is 5.75. The van der Waals surface area contributed by atoms with Gasteiger partial charge in [0.05, 0.1) is 17.9 Å². The lowest BCUT2D eigenvalue weighted by Gasteiger charge is -2.33. The van der Waals surface area contributed by atoms with Crippen LogP contribution < -0.4 is 10.5 Å². The normalized spacial score (nSPS) is 15.6. The fourth-order valence-corrected chi connectivity index (χ4v) is 2.72. The van der Waals surface area contributed by atoms with Crippen LogP contribution in [0, 0.1) is 11.3 Å². The number of carbonyl (C=O) groups excluding carboxylic acids is 1. The van der Waals surface area contributed by atoms with Gasteiger partial charge in [0.15, 0.2) is 6.61 Å². The van der Waals surface area contributed by atoms with Gasteiger partial charge < -0.3 is 15.2 Å². The van der Waals surface area contributed by atoms with Crippen molar-refractivity contribution in [3.8, 4) is 11.9 Å². The molecule has 0 radical (unpaired) electrons. The molecule has 0 fully saturated rings. The Morgan fingerprint density at radius 3 is 2.83 bits per heavy atom. The van der Waals surface area contributed by atoms with Crippen LogP contribution in [0.4, 0.5) is 0 Å². The number of nitriles is 1. The maximum Gasteiger partial charge on any atom is 0.255 e. The van der Waals surface area contributed by atoms with Gasteiger partial charge in [-0.05, 0) is 32.3 Å². The largest absolute Gasteiger partial charge is 0.467 e. The highest BCUT2D eigenvalue weighted by Crippen LogP contribution is 2.35. The van der Waals surface area contributed by atoms with E-state index in [2.05, 4.69) is 18.0 Å². The molecular weight excluding hydrogens is 294 g/mol. The van der Waals surface area contributed by atoms with Crippen molar-refractivity contribution in [3.63, 3.8) is 0 Å². The van der Waals surface area contributed by atoms with Crippen molar-refractivity contribution in [3.05, 3.63) is 22.4 Å². The molecule has 6 nitrogen and oxygen atoms in total. The molecule has 124 valence electrons. The zero-order valence-corrected chi connectivity index (χ0v) is 13.9. The molecule has 2 N–H and O–H groups in total. The molecule has 0 atom stereocenters. The molecule has 0 aromatic carbocycles. The average molecular weight is 317 g/mol. The Bertz CT molecular complexity index is 647. The molecule has 0 unspecified atom stereocenters. The van der Waals surface area contributed by atoms with E-state index in [1.165, 1.54) is 0 Å². The van der Waals surface area contributed by atoms with Crippen molar-refractivity contribution < 1.29 is 14.3 Å². The number of fused-ring (bicyclic) bond motifs is 1. The van der Waals surface area contributed by atoms with Crippen LogP contribution in [0.3, 0.4) is 0 Å². The summed E-state index contributed by atoms with van der Waals surface area (Å²) in [4.78, 5) is 15.5. The SMILES string of the molecule is CCCCc1nc(OCC(N)=O)c(C#N)c2c1COC(C)(C)C2. The van der Waals surface area contributed by atoms with Gasteiger partial charge in [-0.25, -0.2) is 4.98 Å². The molecule has 2 heterocycles. The van der Waals surface area contributed by atoms with E-state index >= 15 is 0 Å². The first kappa shape index (κ1) is 17.2. The Morgan fingerprint density at radius 1 is 1.48 bits per heavy atom. The molecule has 1 aromatic heterocycles. The average Bonchev–Trinajstić information content (AvgIpc) is 2.49. The number of nitrogens with zero attached hydrogens (tertiary/aromatic N) is 2. The van der Waals surface area contributed by atoms with Crippen LogP contribution in [-0.2, 0) is 29.0 Å². The monoisotopic (exact) mass is 317 g/mol. The predicted octanol–water partition coefficient (Wildman–Crippen LogP) is 2.01. The minimum Gasteiger partial charge on any atom is -0.467 e. The summed E-state index contributed by atoms with van der Waals surface area (Å²) >= 11 is 0. The number of rotatable bonds is 6. The van der Waals surface area contributed by atoms with Gasteiger partial charge in [-0.15, -0.1) is 0 Å². The summed E-state index contributed by atoms with van der Waals surface area (Å²) in [7, 11) is 0. The number of primary amides is 1. The molecule has 0 spiro atoms. The molecule has 2 rings (SSSR count). The fraction of sp³-hybridized carbons (Fsp3) is 0.588. The molecule has 1 aliphatic rings. The lowest BCUT2D eigenvalue weighted by Crippen LogP contribution is -2.33. The van der Waals surface area contributed by atoms with Crippen LogP contribution in [0.2, 0.25) is 0 Å². The zero-order valence-electron chi connectivity index (χ0n) is 13.9. The first-order valence-corrected chi connectivity index (χ1v) is 7.87.